The fraction of sp³-hybridized carbons (Fsp3) is 0.167. The summed E-state index contributed by atoms with van der Waals surface area (Å²) < 4.78 is 5.23. The standard InChI is InChI=1S/C24H21NO/c1-26-22-14-11-19(12-15-22)13-16-24-23-10-6-5-7-20(23)17-18-25(24)21-8-3-2-4-9-21/h2-12,14-15,24H,17-18H2,1H3. The van der Waals surface area contributed by atoms with E-state index in [0.717, 1.165) is 24.3 Å². The Bertz CT molecular complexity index is 935. The first-order valence-corrected chi connectivity index (χ1v) is 8.90. The molecule has 1 heterocycles. The highest BCUT2D eigenvalue weighted by Gasteiger charge is 2.25. The van der Waals surface area contributed by atoms with Crippen LogP contribution in [0.25, 0.3) is 0 Å². The van der Waals surface area contributed by atoms with E-state index in [9.17, 15) is 0 Å². The first-order valence-electron chi connectivity index (χ1n) is 8.90. The fourth-order valence-electron chi connectivity index (χ4n) is 3.45. The van der Waals surface area contributed by atoms with Crippen molar-refractivity contribution in [1.82, 2.24) is 0 Å². The molecule has 0 radical (unpaired) electrons. The van der Waals surface area contributed by atoms with Crippen molar-refractivity contribution in [1.29, 1.82) is 0 Å². The molecule has 0 fully saturated rings. The van der Waals surface area contributed by atoms with Gasteiger partial charge in [-0.05, 0) is 53.9 Å². The summed E-state index contributed by atoms with van der Waals surface area (Å²) in [5.41, 5.74) is 4.93. The lowest BCUT2D eigenvalue weighted by Crippen LogP contribution is -2.34. The molecule has 0 N–H and O–H groups in total. The van der Waals surface area contributed by atoms with Gasteiger partial charge in [-0.25, -0.2) is 0 Å². The van der Waals surface area contributed by atoms with Crippen molar-refractivity contribution in [2.24, 2.45) is 0 Å². The van der Waals surface area contributed by atoms with Crippen LogP contribution in [-0.4, -0.2) is 13.7 Å². The molecule has 128 valence electrons. The van der Waals surface area contributed by atoms with E-state index in [1.807, 2.05) is 24.3 Å². The third-order valence-corrected chi connectivity index (χ3v) is 4.81. The molecule has 1 unspecified atom stereocenters. The van der Waals surface area contributed by atoms with Gasteiger partial charge < -0.3 is 9.64 Å². The summed E-state index contributed by atoms with van der Waals surface area (Å²) in [6.07, 6.45) is 1.05. The number of methoxy groups -OCH3 is 1. The van der Waals surface area contributed by atoms with Crippen molar-refractivity contribution >= 4 is 5.69 Å². The summed E-state index contributed by atoms with van der Waals surface area (Å²) >= 11 is 0. The molecular weight excluding hydrogens is 318 g/mol. The minimum absolute atomic E-state index is 0.0597. The molecule has 0 aliphatic carbocycles. The van der Waals surface area contributed by atoms with Gasteiger partial charge in [0.25, 0.3) is 0 Å². The number of ether oxygens (including phenoxy) is 1. The highest BCUT2D eigenvalue weighted by molar-refractivity contribution is 5.56. The first kappa shape index (κ1) is 16.3. The van der Waals surface area contributed by atoms with E-state index in [2.05, 4.69) is 71.3 Å². The quantitative estimate of drug-likeness (QED) is 0.619. The Kier molecular flexibility index (Phi) is 4.62. The molecule has 0 aromatic heterocycles. The van der Waals surface area contributed by atoms with E-state index >= 15 is 0 Å². The van der Waals surface area contributed by atoms with Gasteiger partial charge in [0, 0.05) is 17.8 Å². The predicted molar refractivity (Wildman–Crippen MR) is 107 cm³/mol. The van der Waals surface area contributed by atoms with Gasteiger partial charge >= 0.3 is 0 Å². The lowest BCUT2D eigenvalue weighted by atomic mass is 9.92. The average Bonchev–Trinajstić information content (AvgIpc) is 2.73. The Morgan fingerprint density at radius 3 is 2.38 bits per heavy atom. The summed E-state index contributed by atoms with van der Waals surface area (Å²) in [7, 11) is 1.68. The number of fused-ring (bicyclic) bond motifs is 1. The van der Waals surface area contributed by atoms with Gasteiger partial charge in [0.05, 0.1) is 7.11 Å². The number of para-hydroxylation sites is 1. The second-order valence-electron chi connectivity index (χ2n) is 6.38. The normalized spacial score (nSPS) is 15.6. The van der Waals surface area contributed by atoms with Crippen molar-refractivity contribution in [3.63, 3.8) is 0 Å². The van der Waals surface area contributed by atoms with Crippen LogP contribution in [0.2, 0.25) is 0 Å². The zero-order valence-corrected chi connectivity index (χ0v) is 14.9. The Labute approximate surface area is 155 Å². The highest BCUT2D eigenvalue weighted by Crippen LogP contribution is 2.33. The molecule has 1 aliphatic heterocycles. The predicted octanol–water partition coefficient (Wildman–Crippen LogP) is 4.85. The molecule has 0 spiro atoms. The van der Waals surface area contributed by atoms with Crippen LogP contribution >= 0.6 is 0 Å². The zero-order valence-electron chi connectivity index (χ0n) is 14.9. The van der Waals surface area contributed by atoms with E-state index in [1.165, 1.54) is 16.8 Å². The van der Waals surface area contributed by atoms with E-state index in [-0.39, 0.29) is 6.04 Å². The van der Waals surface area contributed by atoms with Crippen molar-refractivity contribution < 1.29 is 4.74 Å². The lowest BCUT2D eigenvalue weighted by molar-refractivity contribution is 0.415. The summed E-state index contributed by atoms with van der Waals surface area (Å²) in [5, 5.41) is 0. The molecule has 3 aromatic rings. The van der Waals surface area contributed by atoms with Gasteiger partial charge in [-0.15, -0.1) is 0 Å². The maximum absolute atomic E-state index is 5.23. The smallest absolute Gasteiger partial charge is 0.118 e. The van der Waals surface area contributed by atoms with Crippen LogP contribution in [0.5, 0.6) is 5.75 Å². The number of anilines is 1. The van der Waals surface area contributed by atoms with Crippen LogP contribution in [0.1, 0.15) is 22.7 Å². The Morgan fingerprint density at radius 1 is 0.885 bits per heavy atom. The molecule has 0 saturated heterocycles. The van der Waals surface area contributed by atoms with E-state index in [1.54, 1.807) is 7.11 Å². The van der Waals surface area contributed by atoms with Gasteiger partial charge in [0.1, 0.15) is 11.8 Å². The van der Waals surface area contributed by atoms with Crippen molar-refractivity contribution in [2.75, 3.05) is 18.6 Å². The van der Waals surface area contributed by atoms with Gasteiger partial charge in [0.15, 0.2) is 0 Å². The average molecular weight is 339 g/mol. The number of benzene rings is 3. The third kappa shape index (κ3) is 3.30. The number of rotatable bonds is 2. The largest absolute Gasteiger partial charge is 0.497 e. The van der Waals surface area contributed by atoms with Crippen LogP contribution < -0.4 is 9.64 Å². The summed E-state index contributed by atoms with van der Waals surface area (Å²) in [4.78, 5) is 2.40. The topological polar surface area (TPSA) is 12.5 Å². The second-order valence-corrected chi connectivity index (χ2v) is 6.38. The SMILES string of the molecule is COc1ccc(C#CC2c3ccccc3CCN2c2ccccc2)cc1. The minimum Gasteiger partial charge on any atom is -0.497 e. The number of hydrogen-bond acceptors (Lipinski definition) is 2. The third-order valence-electron chi connectivity index (χ3n) is 4.81. The summed E-state index contributed by atoms with van der Waals surface area (Å²) in [6.45, 7) is 0.975. The van der Waals surface area contributed by atoms with Crippen LogP contribution in [0.3, 0.4) is 0 Å². The molecule has 2 nitrogen and oxygen atoms in total. The van der Waals surface area contributed by atoms with E-state index < -0.39 is 0 Å². The Morgan fingerprint density at radius 2 is 1.62 bits per heavy atom. The lowest BCUT2D eigenvalue weighted by Gasteiger charge is -2.36. The molecule has 3 aromatic carbocycles. The van der Waals surface area contributed by atoms with E-state index in [0.29, 0.717) is 0 Å². The molecule has 0 bridgehead atoms. The minimum atomic E-state index is 0.0597. The number of nitrogens with zero attached hydrogens (tertiary/aromatic N) is 1. The van der Waals surface area contributed by atoms with Crippen LogP contribution in [-0.2, 0) is 6.42 Å². The van der Waals surface area contributed by atoms with Crippen molar-refractivity contribution in [3.05, 3.63) is 95.6 Å². The van der Waals surface area contributed by atoms with Gasteiger partial charge in [-0.3, -0.25) is 0 Å². The highest BCUT2D eigenvalue weighted by atomic mass is 16.5. The molecule has 1 aliphatic rings. The fourth-order valence-corrected chi connectivity index (χ4v) is 3.45. The van der Waals surface area contributed by atoms with Crippen molar-refractivity contribution in [3.8, 4) is 17.6 Å². The summed E-state index contributed by atoms with van der Waals surface area (Å²) in [6, 6.07) is 27.2. The Balaban J connectivity index is 1.72. The Hall–Kier alpha value is -3.18. The maximum Gasteiger partial charge on any atom is 0.118 e. The molecule has 2 heteroatoms. The number of hydrogen-bond donors (Lipinski definition) is 0. The van der Waals surface area contributed by atoms with Crippen LogP contribution in [0.15, 0.2) is 78.9 Å². The molecule has 0 saturated carbocycles. The zero-order chi connectivity index (χ0) is 17.8. The van der Waals surface area contributed by atoms with Crippen molar-refractivity contribution in [2.45, 2.75) is 12.5 Å². The maximum atomic E-state index is 5.23. The second kappa shape index (κ2) is 7.37. The molecular formula is C24H21NO. The molecule has 0 amide bonds. The van der Waals surface area contributed by atoms with E-state index in [4.69, 9.17) is 4.74 Å². The monoisotopic (exact) mass is 339 g/mol. The van der Waals surface area contributed by atoms with Gasteiger partial charge in [-0.2, -0.15) is 0 Å². The molecule has 26 heavy (non-hydrogen) atoms. The molecule has 4 rings (SSSR count). The van der Waals surface area contributed by atoms with Crippen LogP contribution in [0, 0.1) is 11.8 Å². The molecule has 1 atom stereocenters. The first-order chi connectivity index (χ1) is 12.8. The summed E-state index contributed by atoms with van der Waals surface area (Å²) in [5.74, 6) is 7.73. The van der Waals surface area contributed by atoms with Crippen LogP contribution in [0.4, 0.5) is 5.69 Å². The van der Waals surface area contributed by atoms with Gasteiger partial charge in [0.2, 0.25) is 0 Å². The van der Waals surface area contributed by atoms with Gasteiger partial charge in [-0.1, -0.05) is 54.3 Å².